The SMILES string of the molecule is C=C1COc2ccc(CNC)cc2N1. The maximum Gasteiger partial charge on any atom is 0.143 e. The number of hydrogen-bond acceptors (Lipinski definition) is 3. The second-order valence-corrected chi connectivity index (χ2v) is 3.38. The third kappa shape index (κ3) is 1.72. The van der Waals surface area contributed by atoms with Crippen molar-refractivity contribution in [1.29, 1.82) is 0 Å². The zero-order valence-corrected chi connectivity index (χ0v) is 8.26. The molecule has 0 spiro atoms. The van der Waals surface area contributed by atoms with Gasteiger partial charge in [0, 0.05) is 12.2 Å². The Morgan fingerprint density at radius 1 is 1.57 bits per heavy atom. The molecule has 0 saturated heterocycles. The first-order valence-electron chi connectivity index (χ1n) is 4.65. The molecule has 0 aliphatic carbocycles. The smallest absolute Gasteiger partial charge is 0.143 e. The Kier molecular flexibility index (Phi) is 2.41. The Morgan fingerprint density at radius 2 is 2.43 bits per heavy atom. The summed E-state index contributed by atoms with van der Waals surface area (Å²) in [5, 5.41) is 6.32. The van der Waals surface area contributed by atoms with Crippen LogP contribution in [0.2, 0.25) is 0 Å². The van der Waals surface area contributed by atoms with Crippen molar-refractivity contribution < 1.29 is 4.74 Å². The molecular weight excluding hydrogens is 176 g/mol. The molecular formula is C11H14N2O. The molecule has 2 N–H and O–H groups in total. The van der Waals surface area contributed by atoms with E-state index in [9.17, 15) is 0 Å². The summed E-state index contributed by atoms with van der Waals surface area (Å²) >= 11 is 0. The Balaban J connectivity index is 2.28. The maximum absolute atomic E-state index is 5.49. The second kappa shape index (κ2) is 3.72. The summed E-state index contributed by atoms with van der Waals surface area (Å²) in [4.78, 5) is 0. The predicted octanol–water partition coefficient (Wildman–Crippen LogP) is 1.72. The summed E-state index contributed by atoms with van der Waals surface area (Å²) in [7, 11) is 1.93. The molecule has 1 aromatic carbocycles. The van der Waals surface area contributed by atoms with Gasteiger partial charge in [0.15, 0.2) is 0 Å². The lowest BCUT2D eigenvalue weighted by molar-refractivity contribution is 0.346. The maximum atomic E-state index is 5.49. The molecule has 0 radical (unpaired) electrons. The van der Waals surface area contributed by atoms with Gasteiger partial charge in [-0.05, 0) is 24.7 Å². The van der Waals surface area contributed by atoms with Crippen LogP contribution in [0.15, 0.2) is 30.5 Å². The van der Waals surface area contributed by atoms with Crippen molar-refractivity contribution in [1.82, 2.24) is 5.32 Å². The molecule has 14 heavy (non-hydrogen) atoms. The predicted molar refractivity (Wildman–Crippen MR) is 57.5 cm³/mol. The topological polar surface area (TPSA) is 33.3 Å². The molecule has 0 aromatic heterocycles. The highest BCUT2D eigenvalue weighted by Crippen LogP contribution is 2.30. The molecule has 0 saturated carbocycles. The molecule has 0 bridgehead atoms. The van der Waals surface area contributed by atoms with Crippen LogP contribution in [0.1, 0.15) is 5.56 Å². The van der Waals surface area contributed by atoms with Gasteiger partial charge in [-0.1, -0.05) is 12.6 Å². The minimum Gasteiger partial charge on any atom is -0.485 e. The first-order valence-corrected chi connectivity index (χ1v) is 4.65. The van der Waals surface area contributed by atoms with Crippen LogP contribution < -0.4 is 15.4 Å². The fraction of sp³-hybridized carbons (Fsp3) is 0.273. The number of fused-ring (bicyclic) bond motifs is 1. The minimum absolute atomic E-state index is 0.554. The fourth-order valence-electron chi connectivity index (χ4n) is 1.51. The minimum atomic E-state index is 0.554. The van der Waals surface area contributed by atoms with Gasteiger partial charge in [0.05, 0.1) is 5.69 Å². The molecule has 1 aliphatic rings. The van der Waals surface area contributed by atoms with Gasteiger partial charge in [-0.3, -0.25) is 0 Å². The van der Waals surface area contributed by atoms with Crippen LogP contribution in [-0.2, 0) is 6.54 Å². The first-order chi connectivity index (χ1) is 6.79. The van der Waals surface area contributed by atoms with Crippen LogP contribution >= 0.6 is 0 Å². The zero-order chi connectivity index (χ0) is 9.97. The van der Waals surface area contributed by atoms with Gasteiger partial charge in [0.25, 0.3) is 0 Å². The number of nitrogens with one attached hydrogen (secondary N) is 2. The Bertz CT molecular complexity index is 360. The normalized spacial score (nSPS) is 14.2. The summed E-state index contributed by atoms with van der Waals surface area (Å²) in [6.45, 7) is 5.25. The van der Waals surface area contributed by atoms with Crippen LogP contribution in [0, 0.1) is 0 Å². The second-order valence-electron chi connectivity index (χ2n) is 3.38. The van der Waals surface area contributed by atoms with Crippen LogP contribution in [0.4, 0.5) is 5.69 Å². The molecule has 1 aromatic rings. The first kappa shape index (κ1) is 9.09. The third-order valence-corrected chi connectivity index (χ3v) is 2.14. The molecule has 74 valence electrons. The lowest BCUT2D eigenvalue weighted by Crippen LogP contribution is -2.15. The van der Waals surface area contributed by atoms with Crippen molar-refractivity contribution in [2.45, 2.75) is 6.54 Å². The Morgan fingerprint density at radius 3 is 3.21 bits per heavy atom. The number of benzene rings is 1. The van der Waals surface area contributed by atoms with Crippen molar-refractivity contribution in [3.05, 3.63) is 36.0 Å². The van der Waals surface area contributed by atoms with Gasteiger partial charge in [-0.2, -0.15) is 0 Å². The van der Waals surface area contributed by atoms with E-state index in [1.54, 1.807) is 0 Å². The Labute approximate surface area is 83.8 Å². The number of ether oxygens (including phenoxy) is 1. The molecule has 0 amide bonds. The van der Waals surface area contributed by atoms with Crippen LogP contribution in [0.3, 0.4) is 0 Å². The summed E-state index contributed by atoms with van der Waals surface area (Å²) in [5.74, 6) is 0.900. The number of hydrogen-bond donors (Lipinski definition) is 2. The van der Waals surface area contributed by atoms with E-state index in [2.05, 4.69) is 29.3 Å². The summed E-state index contributed by atoms with van der Waals surface area (Å²) in [5.41, 5.74) is 3.14. The summed E-state index contributed by atoms with van der Waals surface area (Å²) in [6, 6.07) is 6.13. The summed E-state index contributed by atoms with van der Waals surface area (Å²) in [6.07, 6.45) is 0. The standard InChI is InChI=1S/C11H14N2O/c1-8-7-14-11-4-3-9(6-12-2)5-10(11)13-8/h3-5,12-13H,1,6-7H2,2H3. The average Bonchev–Trinajstić information content (AvgIpc) is 2.17. The van der Waals surface area contributed by atoms with Crippen molar-refractivity contribution in [2.24, 2.45) is 0 Å². The van der Waals surface area contributed by atoms with Crippen LogP contribution in [0.25, 0.3) is 0 Å². The molecule has 3 heteroatoms. The van der Waals surface area contributed by atoms with E-state index >= 15 is 0 Å². The largest absolute Gasteiger partial charge is 0.485 e. The lowest BCUT2D eigenvalue weighted by Gasteiger charge is -2.21. The highest BCUT2D eigenvalue weighted by molar-refractivity contribution is 5.62. The molecule has 0 atom stereocenters. The fourth-order valence-corrected chi connectivity index (χ4v) is 1.51. The molecule has 0 fully saturated rings. The van der Waals surface area contributed by atoms with Crippen molar-refractivity contribution >= 4 is 5.69 Å². The van der Waals surface area contributed by atoms with Crippen molar-refractivity contribution in [3.63, 3.8) is 0 Å². The van der Waals surface area contributed by atoms with Gasteiger partial charge < -0.3 is 15.4 Å². The van der Waals surface area contributed by atoms with Gasteiger partial charge >= 0.3 is 0 Å². The third-order valence-electron chi connectivity index (χ3n) is 2.14. The monoisotopic (exact) mass is 190 g/mol. The lowest BCUT2D eigenvalue weighted by atomic mass is 10.1. The van der Waals surface area contributed by atoms with E-state index in [1.807, 2.05) is 13.1 Å². The zero-order valence-electron chi connectivity index (χ0n) is 8.26. The molecule has 1 aliphatic heterocycles. The van der Waals surface area contributed by atoms with Gasteiger partial charge in [-0.15, -0.1) is 0 Å². The quantitative estimate of drug-likeness (QED) is 0.745. The van der Waals surface area contributed by atoms with E-state index < -0.39 is 0 Å². The van der Waals surface area contributed by atoms with Gasteiger partial charge in [0.1, 0.15) is 12.4 Å². The highest BCUT2D eigenvalue weighted by atomic mass is 16.5. The van der Waals surface area contributed by atoms with E-state index in [0.29, 0.717) is 6.61 Å². The molecule has 2 rings (SSSR count). The van der Waals surface area contributed by atoms with E-state index in [0.717, 1.165) is 23.7 Å². The van der Waals surface area contributed by atoms with E-state index in [1.165, 1.54) is 5.56 Å². The van der Waals surface area contributed by atoms with Crippen LogP contribution in [-0.4, -0.2) is 13.7 Å². The Hall–Kier alpha value is -1.48. The van der Waals surface area contributed by atoms with Crippen LogP contribution in [0.5, 0.6) is 5.75 Å². The van der Waals surface area contributed by atoms with Crippen molar-refractivity contribution in [3.8, 4) is 5.75 Å². The van der Waals surface area contributed by atoms with Gasteiger partial charge in [-0.25, -0.2) is 0 Å². The molecule has 3 nitrogen and oxygen atoms in total. The average molecular weight is 190 g/mol. The van der Waals surface area contributed by atoms with E-state index in [-0.39, 0.29) is 0 Å². The number of rotatable bonds is 2. The number of anilines is 1. The van der Waals surface area contributed by atoms with Gasteiger partial charge in [0.2, 0.25) is 0 Å². The molecule has 1 heterocycles. The molecule has 0 unspecified atom stereocenters. The van der Waals surface area contributed by atoms with Crippen molar-refractivity contribution in [2.75, 3.05) is 19.0 Å². The summed E-state index contributed by atoms with van der Waals surface area (Å²) < 4.78 is 5.49. The highest BCUT2D eigenvalue weighted by Gasteiger charge is 2.11. The van der Waals surface area contributed by atoms with E-state index in [4.69, 9.17) is 4.74 Å².